The Kier molecular flexibility index (Phi) is 8.72. The number of piperidine rings is 1. The fourth-order valence-corrected chi connectivity index (χ4v) is 5.83. The van der Waals surface area contributed by atoms with Crippen molar-refractivity contribution in [2.24, 2.45) is 5.16 Å². The largest absolute Gasteiger partial charge is 0.478 e. The monoisotopic (exact) mass is 611 g/mol. The van der Waals surface area contributed by atoms with Gasteiger partial charge in [0.15, 0.2) is 17.7 Å². The molecule has 1 saturated heterocycles. The highest BCUT2D eigenvalue weighted by Gasteiger charge is 2.33. The molecule has 42 heavy (non-hydrogen) atoms. The molecule has 1 amide bonds. The zero-order chi connectivity index (χ0) is 30.0. The maximum Gasteiger partial charge on any atom is 0.282 e. The molecule has 1 atom stereocenters. The number of alkyl halides is 4. The van der Waals surface area contributed by atoms with Crippen LogP contribution in [-0.4, -0.2) is 51.0 Å². The molecule has 0 radical (unpaired) electrons. The second-order valence-corrected chi connectivity index (χ2v) is 10.5. The molecule has 1 aromatic carbocycles. The number of hydrogen-bond acceptors (Lipinski definition) is 7. The third-order valence-corrected chi connectivity index (χ3v) is 7.98. The molecule has 0 N–H and O–H groups in total. The maximum absolute atomic E-state index is 14.9. The van der Waals surface area contributed by atoms with Crippen molar-refractivity contribution in [2.75, 3.05) is 19.7 Å². The second kappa shape index (κ2) is 12.4. The summed E-state index contributed by atoms with van der Waals surface area (Å²) in [6.45, 7) is -0.127. The third kappa shape index (κ3) is 6.08. The summed E-state index contributed by atoms with van der Waals surface area (Å²) in [5.74, 6) is -0.210. The van der Waals surface area contributed by atoms with Gasteiger partial charge in [0.05, 0.1) is 16.3 Å². The highest BCUT2D eigenvalue weighted by Crippen LogP contribution is 2.37. The Morgan fingerprint density at radius 2 is 1.95 bits per heavy atom. The van der Waals surface area contributed by atoms with Gasteiger partial charge in [-0.3, -0.25) is 9.48 Å². The minimum absolute atomic E-state index is 0.00171. The van der Waals surface area contributed by atoms with Gasteiger partial charge in [-0.1, -0.05) is 11.1 Å². The molecule has 1 fully saturated rings. The number of benzene rings is 1. The number of carbonyl (C=O) groups is 1. The number of likely N-dealkylation sites (tertiary alicyclic amines) is 1. The zero-order valence-electron chi connectivity index (χ0n) is 21.8. The topological polar surface area (TPSA) is 81.8 Å². The normalized spacial score (nSPS) is 17.5. The van der Waals surface area contributed by atoms with Crippen LogP contribution in [0.1, 0.15) is 71.8 Å². The maximum atomic E-state index is 14.9. The molecule has 0 spiro atoms. The van der Waals surface area contributed by atoms with E-state index < -0.39 is 54.4 Å². The number of halogens is 6. The molecule has 5 rings (SSSR count). The smallest absolute Gasteiger partial charge is 0.282 e. The van der Waals surface area contributed by atoms with Crippen molar-refractivity contribution >= 4 is 23.0 Å². The van der Waals surface area contributed by atoms with Crippen LogP contribution in [0.25, 0.3) is 0 Å². The minimum atomic E-state index is -3.05. The zero-order valence-corrected chi connectivity index (χ0v) is 22.6. The fourth-order valence-electron chi connectivity index (χ4n) is 4.83. The third-order valence-electron chi connectivity index (χ3n) is 6.97. The number of carbonyl (C=O) groups excluding carboxylic acids is 1. The van der Waals surface area contributed by atoms with Crippen LogP contribution in [0.3, 0.4) is 0 Å². The van der Waals surface area contributed by atoms with Gasteiger partial charge < -0.3 is 14.5 Å². The van der Waals surface area contributed by atoms with E-state index in [0.29, 0.717) is 48.1 Å². The highest BCUT2D eigenvalue weighted by molar-refractivity contribution is 7.10. The summed E-state index contributed by atoms with van der Waals surface area (Å²) in [4.78, 5) is 24.2. The van der Waals surface area contributed by atoms with Crippen LogP contribution in [-0.2, 0) is 16.2 Å². The van der Waals surface area contributed by atoms with Crippen LogP contribution in [0.15, 0.2) is 28.7 Å². The van der Waals surface area contributed by atoms with Crippen LogP contribution in [0.4, 0.5) is 26.3 Å². The number of terminal acetylenes is 1. The molecule has 2 aliphatic heterocycles. The molecular weight excluding hydrogens is 588 g/mol. The second-order valence-electron chi connectivity index (χ2n) is 9.58. The molecule has 8 nitrogen and oxygen atoms in total. The summed E-state index contributed by atoms with van der Waals surface area (Å²) in [5.41, 5.74) is -0.944. The Balaban J connectivity index is 1.18. The summed E-state index contributed by atoms with van der Waals surface area (Å²) in [6.07, 6.45) is -0.817. The van der Waals surface area contributed by atoms with Crippen molar-refractivity contribution in [1.29, 1.82) is 0 Å². The number of amides is 1. The lowest BCUT2D eigenvalue weighted by Gasteiger charge is -2.31. The van der Waals surface area contributed by atoms with Gasteiger partial charge >= 0.3 is 0 Å². The van der Waals surface area contributed by atoms with E-state index >= 15 is 0 Å². The van der Waals surface area contributed by atoms with Crippen molar-refractivity contribution in [1.82, 2.24) is 19.7 Å². The number of ether oxygens (including phenoxy) is 1. The van der Waals surface area contributed by atoms with Gasteiger partial charge in [-0.05, 0) is 31.0 Å². The number of aromatic nitrogens is 3. The standard InChI is InChI=1S/C27H23F6N5O3S/c1-2-9-40-20-4-3-15(28)23(24(20)29)21-11-16(36-41-21)18-13-42-27(34-18)14-5-7-37(8-6-14)22(39)12-38-19(26(32)33)10-17(35-38)25(30)31/h1,3-4,10,13-14,21,25-26H,5-9,11-12H2. The van der Waals surface area contributed by atoms with E-state index in [2.05, 4.69) is 21.2 Å². The van der Waals surface area contributed by atoms with Gasteiger partial charge in [-0.25, -0.2) is 31.3 Å². The Morgan fingerprint density at radius 3 is 2.64 bits per heavy atom. The lowest BCUT2D eigenvalue weighted by Crippen LogP contribution is -2.40. The summed E-state index contributed by atoms with van der Waals surface area (Å²) in [7, 11) is 0. The van der Waals surface area contributed by atoms with E-state index in [-0.39, 0.29) is 30.3 Å². The van der Waals surface area contributed by atoms with Gasteiger partial charge in [0.1, 0.15) is 36.1 Å². The predicted octanol–water partition coefficient (Wildman–Crippen LogP) is 5.78. The molecule has 0 saturated carbocycles. The first-order valence-corrected chi connectivity index (χ1v) is 13.7. The molecule has 0 aliphatic carbocycles. The van der Waals surface area contributed by atoms with Gasteiger partial charge in [0.25, 0.3) is 12.9 Å². The van der Waals surface area contributed by atoms with Crippen molar-refractivity contribution in [3.05, 3.63) is 62.9 Å². The highest BCUT2D eigenvalue weighted by atomic mass is 32.1. The average molecular weight is 612 g/mol. The summed E-state index contributed by atoms with van der Waals surface area (Å²) in [5, 5.41) is 10.0. The van der Waals surface area contributed by atoms with E-state index in [1.54, 1.807) is 5.38 Å². The van der Waals surface area contributed by atoms with Crippen molar-refractivity contribution in [2.45, 2.75) is 50.7 Å². The molecule has 2 aromatic heterocycles. The fraction of sp³-hybridized carbons (Fsp3) is 0.407. The number of rotatable bonds is 9. The summed E-state index contributed by atoms with van der Waals surface area (Å²) < 4.78 is 87.5. The Hall–Kier alpha value is -4.06. The summed E-state index contributed by atoms with van der Waals surface area (Å²) in [6, 6.07) is 2.82. The molecule has 15 heteroatoms. The van der Waals surface area contributed by atoms with E-state index in [9.17, 15) is 31.1 Å². The number of hydrogen-bond donors (Lipinski definition) is 0. The molecule has 0 bridgehead atoms. The van der Waals surface area contributed by atoms with Crippen molar-refractivity contribution < 1.29 is 40.7 Å². The van der Waals surface area contributed by atoms with Crippen LogP contribution < -0.4 is 4.74 Å². The molecule has 3 aromatic rings. The molecule has 2 aliphatic rings. The number of thiazole rings is 1. The first kappa shape index (κ1) is 29.4. The number of nitrogens with zero attached hydrogens (tertiary/aromatic N) is 5. The molecule has 222 valence electrons. The first-order valence-electron chi connectivity index (χ1n) is 12.8. The summed E-state index contributed by atoms with van der Waals surface area (Å²) >= 11 is 1.37. The average Bonchev–Trinajstić information content (AvgIpc) is 3.73. The van der Waals surface area contributed by atoms with Crippen LogP contribution in [0.2, 0.25) is 0 Å². The van der Waals surface area contributed by atoms with E-state index in [0.717, 1.165) is 17.1 Å². The lowest BCUT2D eigenvalue weighted by molar-refractivity contribution is -0.133. The van der Waals surface area contributed by atoms with Crippen LogP contribution in [0.5, 0.6) is 5.75 Å². The van der Waals surface area contributed by atoms with Crippen molar-refractivity contribution in [3.63, 3.8) is 0 Å². The lowest BCUT2D eigenvalue weighted by atomic mass is 9.97. The molecular formula is C27H23F6N5O3S. The Morgan fingerprint density at radius 1 is 1.19 bits per heavy atom. The van der Waals surface area contributed by atoms with Crippen LogP contribution in [0, 0.1) is 24.0 Å². The predicted molar refractivity (Wildman–Crippen MR) is 138 cm³/mol. The minimum Gasteiger partial charge on any atom is -0.478 e. The first-order chi connectivity index (χ1) is 20.2. The molecule has 4 heterocycles. The van der Waals surface area contributed by atoms with E-state index in [4.69, 9.17) is 16.0 Å². The van der Waals surface area contributed by atoms with Gasteiger partial charge in [0.2, 0.25) is 5.91 Å². The van der Waals surface area contributed by atoms with Gasteiger partial charge in [0, 0.05) is 30.8 Å². The molecule has 1 unspecified atom stereocenters. The van der Waals surface area contributed by atoms with E-state index in [1.807, 2.05) is 0 Å². The Bertz CT molecular complexity index is 1530. The Labute approximate surface area is 239 Å². The van der Waals surface area contributed by atoms with Crippen LogP contribution >= 0.6 is 11.3 Å². The SMILES string of the molecule is C#CCOc1ccc(F)c(C2CC(c3csc(C4CCN(C(=O)Cn5nc(C(F)F)cc5C(F)F)CC4)n3)=NO2)c1F. The van der Waals surface area contributed by atoms with E-state index in [1.165, 1.54) is 16.2 Å². The van der Waals surface area contributed by atoms with Crippen molar-refractivity contribution in [3.8, 4) is 18.1 Å². The number of oxime groups is 1. The quantitative estimate of drug-likeness (QED) is 0.227. The van der Waals surface area contributed by atoms with Gasteiger partial charge in [-0.15, -0.1) is 17.8 Å². The van der Waals surface area contributed by atoms with Gasteiger partial charge in [-0.2, -0.15) is 5.10 Å².